The minimum atomic E-state index is 0.279. The van der Waals surface area contributed by atoms with Crippen molar-refractivity contribution in [1.82, 2.24) is 24.8 Å². The van der Waals surface area contributed by atoms with Gasteiger partial charge in [-0.2, -0.15) is 0 Å². The van der Waals surface area contributed by atoms with Gasteiger partial charge in [0.15, 0.2) is 5.65 Å². The van der Waals surface area contributed by atoms with Crippen molar-refractivity contribution in [2.45, 2.75) is 20.3 Å². The molecule has 0 saturated carbocycles. The number of carbonyl (C=O) groups is 1. The van der Waals surface area contributed by atoms with Gasteiger partial charge in [0.25, 0.3) is 0 Å². The maximum absolute atomic E-state index is 12.7. The lowest BCUT2D eigenvalue weighted by Gasteiger charge is -2.38. The molecule has 2 atom stereocenters. The van der Waals surface area contributed by atoms with Crippen molar-refractivity contribution >= 4 is 22.9 Å². The number of likely N-dealkylation sites (tertiary alicyclic amines) is 1. The molecule has 4 heterocycles. The summed E-state index contributed by atoms with van der Waals surface area (Å²) in [5.74, 6) is 2.43. The minimum Gasteiger partial charge on any atom is -0.354 e. The molecule has 0 N–H and O–H groups in total. The summed E-state index contributed by atoms with van der Waals surface area (Å²) in [6.45, 7) is 10.3. The normalized spacial score (nSPS) is 24.4. The number of hydrogen-bond acceptors (Lipinski definition) is 6. The van der Waals surface area contributed by atoms with E-state index in [0.717, 1.165) is 50.6 Å². The summed E-state index contributed by atoms with van der Waals surface area (Å²) in [6, 6.07) is 3.98. The first-order valence-corrected chi connectivity index (χ1v) is 9.91. The number of piperidine rings is 1. The Kier molecular flexibility index (Phi) is 5.20. The minimum absolute atomic E-state index is 0.279. The van der Waals surface area contributed by atoms with Crippen molar-refractivity contribution in [3.05, 3.63) is 24.5 Å². The van der Waals surface area contributed by atoms with E-state index in [4.69, 9.17) is 0 Å². The summed E-state index contributed by atoms with van der Waals surface area (Å²) in [5.41, 5.74) is 1.50. The third-order valence-electron chi connectivity index (χ3n) is 5.59. The molecule has 0 spiro atoms. The number of carbonyl (C=O) groups excluding carboxylic acids is 1. The van der Waals surface area contributed by atoms with Crippen LogP contribution in [-0.2, 0) is 4.79 Å². The standard InChI is InChI=1S/C20H28N6O/c1-15-11-16(2)13-26(12-15)19(27)14-24-7-9-25(10-8-24)18-4-3-17-20(23-18)22-6-5-21-17/h3-6,15-16H,7-14H2,1-2H3/t15-,16-/m1/s1. The zero-order valence-corrected chi connectivity index (χ0v) is 16.2. The Morgan fingerprint density at radius 2 is 1.74 bits per heavy atom. The molecule has 2 aromatic rings. The highest BCUT2D eigenvalue weighted by molar-refractivity contribution is 5.78. The molecule has 2 aromatic heterocycles. The monoisotopic (exact) mass is 368 g/mol. The Balaban J connectivity index is 1.32. The van der Waals surface area contributed by atoms with E-state index in [1.807, 2.05) is 12.1 Å². The summed E-state index contributed by atoms with van der Waals surface area (Å²) in [5, 5.41) is 0. The van der Waals surface area contributed by atoms with Gasteiger partial charge in [-0.05, 0) is 30.4 Å². The second kappa shape index (κ2) is 7.76. The lowest BCUT2D eigenvalue weighted by atomic mass is 9.92. The Labute approximate surface area is 160 Å². The van der Waals surface area contributed by atoms with Gasteiger partial charge in [-0.15, -0.1) is 0 Å². The number of anilines is 1. The summed E-state index contributed by atoms with van der Waals surface area (Å²) in [7, 11) is 0. The van der Waals surface area contributed by atoms with Gasteiger partial charge >= 0.3 is 0 Å². The first kappa shape index (κ1) is 18.1. The number of pyridine rings is 1. The fourth-order valence-electron chi connectivity index (χ4n) is 4.31. The van der Waals surface area contributed by atoms with Crippen LogP contribution < -0.4 is 4.90 Å². The number of fused-ring (bicyclic) bond motifs is 1. The van der Waals surface area contributed by atoms with E-state index in [1.165, 1.54) is 6.42 Å². The summed E-state index contributed by atoms with van der Waals surface area (Å²) in [4.78, 5) is 32.5. The smallest absolute Gasteiger partial charge is 0.236 e. The van der Waals surface area contributed by atoms with Gasteiger partial charge in [0.2, 0.25) is 5.91 Å². The van der Waals surface area contributed by atoms with Crippen LogP contribution in [0.1, 0.15) is 20.3 Å². The Morgan fingerprint density at radius 1 is 1.04 bits per heavy atom. The molecule has 7 nitrogen and oxygen atoms in total. The molecular formula is C20H28N6O. The predicted molar refractivity (Wildman–Crippen MR) is 106 cm³/mol. The van der Waals surface area contributed by atoms with Crippen LogP contribution in [-0.4, -0.2) is 76.5 Å². The second-order valence-corrected chi connectivity index (χ2v) is 8.08. The van der Waals surface area contributed by atoms with E-state index in [9.17, 15) is 4.79 Å². The highest BCUT2D eigenvalue weighted by Crippen LogP contribution is 2.21. The van der Waals surface area contributed by atoms with Crippen LogP contribution in [0.15, 0.2) is 24.5 Å². The van der Waals surface area contributed by atoms with E-state index < -0.39 is 0 Å². The van der Waals surface area contributed by atoms with Crippen LogP contribution in [0.3, 0.4) is 0 Å². The number of rotatable bonds is 3. The molecule has 1 amide bonds. The Bertz CT molecular complexity index is 794. The van der Waals surface area contributed by atoms with Crippen LogP contribution in [0, 0.1) is 11.8 Å². The van der Waals surface area contributed by atoms with Gasteiger partial charge in [-0.25, -0.2) is 9.97 Å². The fourth-order valence-corrected chi connectivity index (χ4v) is 4.31. The molecule has 0 aliphatic carbocycles. The van der Waals surface area contributed by atoms with Crippen molar-refractivity contribution in [3.8, 4) is 0 Å². The van der Waals surface area contributed by atoms with Crippen molar-refractivity contribution in [2.24, 2.45) is 11.8 Å². The highest BCUT2D eigenvalue weighted by Gasteiger charge is 2.27. The van der Waals surface area contributed by atoms with Gasteiger partial charge in [0, 0.05) is 51.7 Å². The summed E-state index contributed by atoms with van der Waals surface area (Å²) >= 11 is 0. The molecule has 2 saturated heterocycles. The third-order valence-corrected chi connectivity index (χ3v) is 5.59. The predicted octanol–water partition coefficient (Wildman–Crippen LogP) is 1.65. The zero-order valence-electron chi connectivity index (χ0n) is 16.2. The fraction of sp³-hybridized carbons (Fsp3) is 0.600. The number of piperazine rings is 1. The number of nitrogens with zero attached hydrogens (tertiary/aromatic N) is 6. The quantitative estimate of drug-likeness (QED) is 0.821. The molecule has 144 valence electrons. The van der Waals surface area contributed by atoms with E-state index in [2.05, 4.69) is 43.5 Å². The van der Waals surface area contributed by atoms with Crippen molar-refractivity contribution in [2.75, 3.05) is 50.7 Å². The van der Waals surface area contributed by atoms with E-state index in [1.54, 1.807) is 12.4 Å². The molecule has 27 heavy (non-hydrogen) atoms. The maximum atomic E-state index is 12.7. The van der Waals surface area contributed by atoms with Crippen molar-refractivity contribution < 1.29 is 4.79 Å². The van der Waals surface area contributed by atoms with E-state index in [-0.39, 0.29) is 5.91 Å². The largest absolute Gasteiger partial charge is 0.354 e. The number of aromatic nitrogens is 3. The molecule has 4 rings (SSSR count). The summed E-state index contributed by atoms with van der Waals surface area (Å²) < 4.78 is 0. The first-order chi connectivity index (χ1) is 13.1. The number of hydrogen-bond donors (Lipinski definition) is 0. The molecule has 2 fully saturated rings. The second-order valence-electron chi connectivity index (χ2n) is 8.08. The SMILES string of the molecule is C[C@@H]1C[C@@H](C)CN(C(=O)CN2CCN(c3ccc4nccnc4n3)CC2)C1. The molecule has 0 radical (unpaired) electrons. The Morgan fingerprint density at radius 3 is 2.48 bits per heavy atom. The molecule has 0 unspecified atom stereocenters. The average Bonchev–Trinajstić information content (AvgIpc) is 2.67. The topological polar surface area (TPSA) is 65.5 Å². The lowest BCUT2D eigenvalue weighted by Crippen LogP contribution is -2.52. The summed E-state index contributed by atoms with van der Waals surface area (Å²) in [6.07, 6.45) is 4.58. The molecule has 0 bridgehead atoms. The third kappa shape index (κ3) is 4.18. The van der Waals surface area contributed by atoms with Gasteiger partial charge in [-0.1, -0.05) is 13.8 Å². The van der Waals surface area contributed by atoms with E-state index in [0.29, 0.717) is 24.0 Å². The molecule has 2 aliphatic heterocycles. The van der Waals surface area contributed by atoms with Gasteiger partial charge in [0.05, 0.1) is 6.54 Å². The van der Waals surface area contributed by atoms with E-state index >= 15 is 0 Å². The zero-order chi connectivity index (χ0) is 18.8. The van der Waals surface area contributed by atoms with Crippen LogP contribution in [0.5, 0.6) is 0 Å². The maximum Gasteiger partial charge on any atom is 0.236 e. The van der Waals surface area contributed by atoms with Crippen LogP contribution >= 0.6 is 0 Å². The van der Waals surface area contributed by atoms with Crippen LogP contribution in [0.2, 0.25) is 0 Å². The van der Waals surface area contributed by atoms with Crippen LogP contribution in [0.4, 0.5) is 5.82 Å². The van der Waals surface area contributed by atoms with Gasteiger partial charge < -0.3 is 9.80 Å². The average molecular weight is 368 g/mol. The van der Waals surface area contributed by atoms with Crippen molar-refractivity contribution in [1.29, 1.82) is 0 Å². The molecule has 0 aromatic carbocycles. The van der Waals surface area contributed by atoms with Crippen LogP contribution in [0.25, 0.3) is 11.2 Å². The molecule has 7 heteroatoms. The first-order valence-electron chi connectivity index (χ1n) is 9.91. The number of amides is 1. The van der Waals surface area contributed by atoms with Gasteiger partial charge in [-0.3, -0.25) is 14.7 Å². The van der Waals surface area contributed by atoms with Gasteiger partial charge in [0.1, 0.15) is 11.3 Å². The Hall–Kier alpha value is -2.28. The lowest BCUT2D eigenvalue weighted by molar-refractivity contribution is -0.135. The highest BCUT2D eigenvalue weighted by atomic mass is 16.2. The molecular weight excluding hydrogens is 340 g/mol. The molecule has 2 aliphatic rings. The van der Waals surface area contributed by atoms with Crippen molar-refractivity contribution in [3.63, 3.8) is 0 Å².